The maximum Gasteiger partial charge on any atom is 0.0709 e. The van der Waals surface area contributed by atoms with Gasteiger partial charge in [-0.25, -0.2) is 0 Å². The van der Waals surface area contributed by atoms with E-state index >= 15 is 0 Å². The summed E-state index contributed by atoms with van der Waals surface area (Å²) in [6.07, 6.45) is 0. The first-order valence-electron chi connectivity index (χ1n) is 7.44. The summed E-state index contributed by atoms with van der Waals surface area (Å²) in [7, 11) is 0. The van der Waals surface area contributed by atoms with Crippen LogP contribution in [0.4, 0.5) is 0 Å². The molecule has 2 N–H and O–H groups in total. The van der Waals surface area contributed by atoms with Crippen LogP contribution in [0.15, 0.2) is 24.3 Å². The van der Waals surface area contributed by atoms with Gasteiger partial charge in [-0.1, -0.05) is 33.8 Å². The van der Waals surface area contributed by atoms with E-state index in [9.17, 15) is 0 Å². The lowest BCUT2D eigenvalue weighted by atomic mass is 9.88. The van der Waals surface area contributed by atoms with Gasteiger partial charge in [0.2, 0.25) is 0 Å². The van der Waals surface area contributed by atoms with Gasteiger partial charge in [-0.2, -0.15) is 0 Å². The first kappa shape index (κ1) is 15.0. The number of hydrogen-bond acceptors (Lipinski definition) is 2. The summed E-state index contributed by atoms with van der Waals surface area (Å²) in [5, 5.41) is 1.19. The number of rotatable bonds is 3. The Morgan fingerprint density at radius 2 is 1.65 bits per heavy atom. The molecular weight excluding hydrogens is 244 g/mol. The minimum atomic E-state index is -0.361. The summed E-state index contributed by atoms with van der Waals surface area (Å²) in [6, 6.07) is 8.74. The topological polar surface area (TPSA) is 38.9 Å². The van der Waals surface area contributed by atoms with Crippen molar-refractivity contribution in [2.45, 2.75) is 58.9 Å². The Balaban J connectivity index is 2.78. The SMILES string of the molecule is CC(C)c1ccc2nc(C(C)C)cc(C(C)(C)N)c2c1. The van der Waals surface area contributed by atoms with Gasteiger partial charge in [-0.15, -0.1) is 0 Å². The molecule has 0 atom stereocenters. The summed E-state index contributed by atoms with van der Waals surface area (Å²) in [5.74, 6) is 0.920. The number of fused-ring (bicyclic) bond motifs is 1. The molecule has 2 nitrogen and oxygen atoms in total. The molecule has 108 valence electrons. The van der Waals surface area contributed by atoms with Crippen molar-refractivity contribution in [3.05, 3.63) is 41.1 Å². The van der Waals surface area contributed by atoms with Crippen molar-refractivity contribution in [2.75, 3.05) is 0 Å². The van der Waals surface area contributed by atoms with Crippen LogP contribution in [0.3, 0.4) is 0 Å². The van der Waals surface area contributed by atoms with Crippen LogP contribution in [0.25, 0.3) is 10.9 Å². The zero-order chi connectivity index (χ0) is 15.1. The average molecular weight is 270 g/mol. The highest BCUT2D eigenvalue weighted by Crippen LogP contribution is 2.31. The number of aromatic nitrogens is 1. The van der Waals surface area contributed by atoms with Gasteiger partial charge in [0.1, 0.15) is 0 Å². The van der Waals surface area contributed by atoms with Gasteiger partial charge < -0.3 is 5.73 Å². The molecule has 0 aliphatic heterocycles. The highest BCUT2D eigenvalue weighted by atomic mass is 14.7. The minimum Gasteiger partial charge on any atom is -0.322 e. The number of pyridine rings is 1. The minimum absolute atomic E-state index is 0.361. The maximum absolute atomic E-state index is 6.39. The third kappa shape index (κ3) is 2.85. The lowest BCUT2D eigenvalue weighted by Crippen LogP contribution is -2.29. The molecule has 0 radical (unpaired) electrons. The van der Waals surface area contributed by atoms with Crippen molar-refractivity contribution >= 4 is 10.9 Å². The van der Waals surface area contributed by atoms with Crippen LogP contribution >= 0.6 is 0 Å². The second-order valence-corrected chi connectivity index (χ2v) is 6.90. The predicted octanol–water partition coefficient (Wildman–Crippen LogP) is 4.68. The molecular formula is C18H26N2. The average Bonchev–Trinajstić information content (AvgIpc) is 2.35. The van der Waals surface area contributed by atoms with Crippen molar-refractivity contribution in [3.63, 3.8) is 0 Å². The Hall–Kier alpha value is -1.41. The molecule has 0 amide bonds. The molecule has 0 fully saturated rings. The number of nitrogens with two attached hydrogens (primary N) is 1. The zero-order valence-electron chi connectivity index (χ0n) is 13.5. The predicted molar refractivity (Wildman–Crippen MR) is 87.1 cm³/mol. The van der Waals surface area contributed by atoms with Crippen molar-refractivity contribution in [2.24, 2.45) is 5.73 Å². The smallest absolute Gasteiger partial charge is 0.0709 e. The van der Waals surface area contributed by atoms with Gasteiger partial charge in [0, 0.05) is 16.6 Å². The van der Waals surface area contributed by atoms with Crippen LogP contribution in [0.1, 0.15) is 70.2 Å². The van der Waals surface area contributed by atoms with E-state index in [1.807, 2.05) is 0 Å². The Morgan fingerprint density at radius 1 is 1.00 bits per heavy atom. The molecule has 1 heterocycles. The summed E-state index contributed by atoms with van der Waals surface area (Å²) < 4.78 is 0. The molecule has 0 saturated heterocycles. The van der Waals surface area contributed by atoms with Crippen LogP contribution in [-0.4, -0.2) is 4.98 Å². The molecule has 0 aliphatic carbocycles. The molecule has 0 bridgehead atoms. The van der Waals surface area contributed by atoms with Gasteiger partial charge in [0.05, 0.1) is 5.52 Å². The van der Waals surface area contributed by atoms with E-state index < -0.39 is 0 Å². The van der Waals surface area contributed by atoms with Gasteiger partial charge in [-0.05, 0) is 55.0 Å². The fourth-order valence-corrected chi connectivity index (χ4v) is 2.45. The summed E-state index contributed by atoms with van der Waals surface area (Å²) >= 11 is 0. The van der Waals surface area contributed by atoms with Crippen LogP contribution in [0.2, 0.25) is 0 Å². The Morgan fingerprint density at radius 3 is 2.15 bits per heavy atom. The second-order valence-electron chi connectivity index (χ2n) is 6.90. The monoisotopic (exact) mass is 270 g/mol. The highest BCUT2D eigenvalue weighted by Gasteiger charge is 2.20. The summed E-state index contributed by atoms with van der Waals surface area (Å²) in [6.45, 7) is 12.9. The van der Waals surface area contributed by atoms with Gasteiger partial charge in [-0.3, -0.25) is 4.98 Å². The number of benzene rings is 1. The first-order valence-corrected chi connectivity index (χ1v) is 7.44. The van der Waals surface area contributed by atoms with E-state index in [1.165, 1.54) is 16.5 Å². The molecule has 20 heavy (non-hydrogen) atoms. The normalized spacial score (nSPS) is 12.7. The van der Waals surface area contributed by atoms with E-state index in [4.69, 9.17) is 10.7 Å². The Bertz CT molecular complexity index is 619. The van der Waals surface area contributed by atoms with E-state index in [1.54, 1.807) is 0 Å². The lowest BCUT2D eigenvalue weighted by Gasteiger charge is -2.23. The molecule has 1 aromatic carbocycles. The molecule has 2 heteroatoms. The largest absolute Gasteiger partial charge is 0.322 e. The van der Waals surface area contributed by atoms with Crippen molar-refractivity contribution in [3.8, 4) is 0 Å². The number of hydrogen-bond donors (Lipinski definition) is 1. The van der Waals surface area contributed by atoms with Crippen molar-refractivity contribution in [1.29, 1.82) is 0 Å². The molecule has 0 saturated carbocycles. The van der Waals surface area contributed by atoms with E-state index in [2.05, 4.69) is 65.8 Å². The van der Waals surface area contributed by atoms with Crippen LogP contribution in [0, 0.1) is 0 Å². The van der Waals surface area contributed by atoms with E-state index in [0.29, 0.717) is 11.8 Å². The third-order valence-corrected chi connectivity index (χ3v) is 3.80. The Kier molecular flexibility index (Phi) is 3.88. The molecule has 0 unspecified atom stereocenters. The first-order chi connectivity index (χ1) is 9.20. The van der Waals surface area contributed by atoms with Crippen LogP contribution < -0.4 is 5.73 Å². The zero-order valence-corrected chi connectivity index (χ0v) is 13.5. The highest BCUT2D eigenvalue weighted by molar-refractivity contribution is 5.84. The molecule has 0 spiro atoms. The quantitative estimate of drug-likeness (QED) is 0.879. The van der Waals surface area contributed by atoms with Gasteiger partial charge in [0.25, 0.3) is 0 Å². The van der Waals surface area contributed by atoms with Crippen molar-refractivity contribution < 1.29 is 0 Å². The molecule has 1 aromatic heterocycles. The summed E-state index contributed by atoms with van der Waals surface area (Å²) in [4.78, 5) is 4.79. The van der Waals surface area contributed by atoms with Gasteiger partial charge in [0.15, 0.2) is 0 Å². The van der Waals surface area contributed by atoms with E-state index in [0.717, 1.165) is 11.2 Å². The molecule has 2 aromatic rings. The lowest BCUT2D eigenvalue weighted by molar-refractivity contribution is 0.557. The number of nitrogens with zero attached hydrogens (tertiary/aromatic N) is 1. The van der Waals surface area contributed by atoms with Crippen LogP contribution in [0.5, 0.6) is 0 Å². The molecule has 0 aliphatic rings. The Labute approximate surface area is 122 Å². The maximum atomic E-state index is 6.39. The second kappa shape index (κ2) is 5.17. The van der Waals surface area contributed by atoms with Crippen LogP contribution in [-0.2, 0) is 5.54 Å². The van der Waals surface area contributed by atoms with Crippen molar-refractivity contribution in [1.82, 2.24) is 4.98 Å². The molecule has 2 rings (SSSR count). The fraction of sp³-hybridized carbons (Fsp3) is 0.500. The third-order valence-electron chi connectivity index (χ3n) is 3.80. The summed E-state index contributed by atoms with van der Waals surface area (Å²) in [5.41, 5.74) is 10.7. The van der Waals surface area contributed by atoms with E-state index in [-0.39, 0.29) is 5.54 Å². The standard InChI is InChI=1S/C18H26N2/c1-11(2)13-7-8-16-14(9-13)15(18(5,6)19)10-17(20-16)12(3)4/h7-12H,19H2,1-6H3. The fourth-order valence-electron chi connectivity index (χ4n) is 2.45. The van der Waals surface area contributed by atoms with Gasteiger partial charge >= 0.3 is 0 Å².